The summed E-state index contributed by atoms with van der Waals surface area (Å²) in [5.74, 6) is 1.27. The van der Waals surface area contributed by atoms with Gasteiger partial charge in [0.2, 0.25) is 0 Å². The highest BCUT2D eigenvalue weighted by Gasteiger charge is 2.42. The molecule has 0 unspecified atom stereocenters. The summed E-state index contributed by atoms with van der Waals surface area (Å²) in [5, 5.41) is 3.32. The van der Waals surface area contributed by atoms with Crippen LogP contribution in [0.15, 0.2) is 65.8 Å². The van der Waals surface area contributed by atoms with Gasteiger partial charge < -0.3 is 14.8 Å². The molecule has 1 aliphatic heterocycles. The van der Waals surface area contributed by atoms with Crippen LogP contribution < -0.4 is 10.1 Å². The first-order valence-corrected chi connectivity index (χ1v) is 9.75. The van der Waals surface area contributed by atoms with E-state index in [1.165, 1.54) is 0 Å². The number of ether oxygens (including phenoxy) is 2. The zero-order valence-corrected chi connectivity index (χ0v) is 16.3. The Morgan fingerprint density at radius 1 is 1.38 bits per heavy atom. The molecule has 1 saturated heterocycles. The van der Waals surface area contributed by atoms with Crippen molar-refractivity contribution < 1.29 is 14.3 Å². The third-order valence-electron chi connectivity index (χ3n) is 4.07. The van der Waals surface area contributed by atoms with Crippen molar-refractivity contribution >= 4 is 17.7 Å². The summed E-state index contributed by atoms with van der Waals surface area (Å²) in [5.41, 5.74) is 0. The average molecular weight is 374 g/mol. The van der Waals surface area contributed by atoms with Crippen LogP contribution in [0.4, 0.5) is 0 Å². The van der Waals surface area contributed by atoms with Gasteiger partial charge in [-0.25, -0.2) is 0 Å². The van der Waals surface area contributed by atoms with E-state index in [4.69, 9.17) is 9.47 Å². The molecule has 4 nitrogen and oxygen atoms in total. The number of esters is 1. The largest absolute Gasteiger partial charge is 0.465 e. The maximum atomic E-state index is 12.6. The minimum Gasteiger partial charge on any atom is -0.465 e. The minimum atomic E-state index is -0.540. The lowest BCUT2D eigenvalue weighted by atomic mass is 9.97. The fourth-order valence-corrected chi connectivity index (χ4v) is 4.06. The molecule has 0 amide bonds. The molecule has 1 N–H and O–H groups in total. The van der Waals surface area contributed by atoms with Crippen molar-refractivity contribution in [3.8, 4) is 5.75 Å². The van der Waals surface area contributed by atoms with Gasteiger partial charge in [0.05, 0.1) is 6.61 Å². The molecule has 5 heteroatoms. The van der Waals surface area contributed by atoms with Crippen LogP contribution >= 0.6 is 11.8 Å². The number of hydrogen-bond donors (Lipinski definition) is 1. The first kappa shape index (κ1) is 20.3. The highest BCUT2D eigenvalue weighted by molar-refractivity contribution is 8.01. The highest BCUT2D eigenvalue weighted by Crippen LogP contribution is 2.41. The van der Waals surface area contributed by atoms with Crippen molar-refractivity contribution in [1.29, 1.82) is 0 Å². The summed E-state index contributed by atoms with van der Waals surface area (Å²) >= 11 is 1.57. The van der Waals surface area contributed by atoms with Crippen LogP contribution in [-0.2, 0) is 9.53 Å². The first-order valence-electron chi connectivity index (χ1n) is 8.94. The Hall–Kier alpha value is -1.98. The lowest BCUT2D eigenvalue weighted by Crippen LogP contribution is -2.46. The van der Waals surface area contributed by atoms with E-state index in [1.807, 2.05) is 56.3 Å². The van der Waals surface area contributed by atoms with Crippen LogP contribution in [0.1, 0.15) is 26.7 Å². The van der Waals surface area contributed by atoms with Gasteiger partial charge in [0.25, 0.3) is 0 Å². The standard InChI is InChI=1S/C21H27NO3S/c1-4-7-9-17(5-2)25-18-10-8-11-19(16-18)26-21(20(23)24-6-3)12-14-22-15-13-21/h4-5,7-11,16,22H,2,6,12-15H2,1,3H3/b7-4-,17-9+. The molecule has 1 heterocycles. The molecule has 0 radical (unpaired) electrons. The van der Waals surface area contributed by atoms with Gasteiger partial charge in [-0.1, -0.05) is 24.8 Å². The lowest BCUT2D eigenvalue weighted by Gasteiger charge is -2.34. The molecule has 0 aliphatic carbocycles. The van der Waals surface area contributed by atoms with Crippen molar-refractivity contribution in [2.45, 2.75) is 36.3 Å². The van der Waals surface area contributed by atoms with Gasteiger partial charge >= 0.3 is 5.97 Å². The maximum Gasteiger partial charge on any atom is 0.322 e. The van der Waals surface area contributed by atoms with Gasteiger partial charge in [-0.2, -0.15) is 0 Å². The van der Waals surface area contributed by atoms with Crippen molar-refractivity contribution in [2.75, 3.05) is 19.7 Å². The van der Waals surface area contributed by atoms with Crippen molar-refractivity contribution in [1.82, 2.24) is 5.32 Å². The number of nitrogens with one attached hydrogen (secondary N) is 1. The second-order valence-corrected chi connectivity index (χ2v) is 7.40. The summed E-state index contributed by atoms with van der Waals surface area (Å²) in [6.07, 6.45) is 8.87. The van der Waals surface area contributed by atoms with E-state index >= 15 is 0 Å². The van der Waals surface area contributed by atoms with Crippen LogP contribution in [-0.4, -0.2) is 30.4 Å². The van der Waals surface area contributed by atoms with Crippen LogP contribution in [0.25, 0.3) is 0 Å². The first-order chi connectivity index (χ1) is 12.6. The topological polar surface area (TPSA) is 47.6 Å². The zero-order chi connectivity index (χ0) is 18.8. The van der Waals surface area contributed by atoms with Gasteiger partial charge in [0.1, 0.15) is 16.3 Å². The summed E-state index contributed by atoms with van der Waals surface area (Å²) in [4.78, 5) is 13.6. The van der Waals surface area contributed by atoms with E-state index in [1.54, 1.807) is 17.8 Å². The molecular formula is C21H27NO3S. The second-order valence-electron chi connectivity index (χ2n) is 5.94. The minimum absolute atomic E-state index is 0.127. The molecule has 0 bridgehead atoms. The summed E-state index contributed by atoms with van der Waals surface area (Å²) < 4.78 is 10.7. The van der Waals surface area contributed by atoms with E-state index in [0.29, 0.717) is 12.4 Å². The fraction of sp³-hybridized carbons (Fsp3) is 0.381. The zero-order valence-electron chi connectivity index (χ0n) is 15.5. The number of carbonyl (C=O) groups excluding carboxylic acids is 1. The van der Waals surface area contributed by atoms with Gasteiger partial charge in [-0.15, -0.1) is 11.8 Å². The van der Waals surface area contributed by atoms with Crippen molar-refractivity contribution in [2.24, 2.45) is 0 Å². The molecular weight excluding hydrogens is 346 g/mol. The summed E-state index contributed by atoms with van der Waals surface area (Å²) in [7, 11) is 0. The van der Waals surface area contributed by atoms with Crippen LogP contribution in [0.2, 0.25) is 0 Å². The third-order valence-corrected chi connectivity index (χ3v) is 5.52. The Balaban J connectivity index is 2.19. The SMILES string of the molecule is C=C/C(=C\C=C/C)Oc1cccc(SC2(C(=O)OCC)CCNCC2)c1. The molecule has 1 aliphatic rings. The molecule has 1 aromatic carbocycles. The number of hydrogen-bond acceptors (Lipinski definition) is 5. The number of carbonyl (C=O) groups is 1. The monoisotopic (exact) mass is 373 g/mol. The van der Waals surface area contributed by atoms with Crippen molar-refractivity contribution in [3.05, 3.63) is 60.9 Å². The summed E-state index contributed by atoms with van der Waals surface area (Å²) in [6, 6.07) is 7.80. The van der Waals surface area contributed by atoms with Crippen LogP contribution in [0.3, 0.4) is 0 Å². The predicted molar refractivity (Wildman–Crippen MR) is 107 cm³/mol. The van der Waals surface area contributed by atoms with E-state index < -0.39 is 4.75 Å². The quantitative estimate of drug-likeness (QED) is 0.413. The molecule has 1 fully saturated rings. The Labute approximate surface area is 160 Å². The molecule has 2 rings (SSSR count). The van der Waals surface area contributed by atoms with Gasteiger partial charge in [0.15, 0.2) is 0 Å². The number of rotatable bonds is 8. The number of piperidine rings is 1. The Kier molecular flexibility index (Phi) is 8.01. The molecule has 26 heavy (non-hydrogen) atoms. The predicted octanol–water partition coefficient (Wildman–Crippen LogP) is 4.49. The molecule has 140 valence electrons. The number of benzene rings is 1. The normalized spacial score (nSPS) is 17.1. The number of allylic oxidation sites excluding steroid dienone is 4. The molecule has 0 aromatic heterocycles. The smallest absolute Gasteiger partial charge is 0.322 e. The highest BCUT2D eigenvalue weighted by atomic mass is 32.2. The van der Waals surface area contributed by atoms with Crippen LogP contribution in [0.5, 0.6) is 5.75 Å². The van der Waals surface area contributed by atoms with Gasteiger partial charge in [-0.3, -0.25) is 4.79 Å². The van der Waals surface area contributed by atoms with E-state index in [-0.39, 0.29) is 5.97 Å². The maximum absolute atomic E-state index is 12.6. The Morgan fingerprint density at radius 2 is 2.15 bits per heavy atom. The van der Waals surface area contributed by atoms with Gasteiger partial charge in [0, 0.05) is 4.90 Å². The molecule has 0 spiro atoms. The number of thioether (sulfide) groups is 1. The van der Waals surface area contributed by atoms with Crippen molar-refractivity contribution in [3.63, 3.8) is 0 Å². The summed E-state index contributed by atoms with van der Waals surface area (Å²) in [6.45, 7) is 9.60. The fourth-order valence-electron chi connectivity index (χ4n) is 2.74. The van der Waals surface area contributed by atoms with E-state index in [9.17, 15) is 4.79 Å². The van der Waals surface area contributed by atoms with E-state index in [2.05, 4.69) is 11.9 Å². The molecule has 1 aromatic rings. The van der Waals surface area contributed by atoms with E-state index in [0.717, 1.165) is 36.6 Å². The van der Waals surface area contributed by atoms with Gasteiger partial charge in [-0.05, 0) is 70.1 Å². The average Bonchev–Trinajstić information content (AvgIpc) is 2.66. The Morgan fingerprint density at radius 3 is 2.81 bits per heavy atom. The molecule has 0 saturated carbocycles. The second kappa shape index (κ2) is 10.2. The Bertz CT molecular complexity index is 676. The third kappa shape index (κ3) is 5.51. The van der Waals surface area contributed by atoms with Crippen LogP contribution in [0, 0.1) is 0 Å². The molecule has 0 atom stereocenters. The lowest BCUT2D eigenvalue weighted by molar-refractivity contribution is -0.146.